The van der Waals surface area contributed by atoms with Crippen LogP contribution in [-0.2, 0) is 4.79 Å². The van der Waals surface area contributed by atoms with Gasteiger partial charge >= 0.3 is 0 Å². The maximum Gasteiger partial charge on any atom is 0.253 e. The lowest BCUT2D eigenvalue weighted by Gasteiger charge is -2.31. The summed E-state index contributed by atoms with van der Waals surface area (Å²) in [5.41, 5.74) is 5.52. The molecule has 172 valence electrons. The van der Waals surface area contributed by atoms with Crippen LogP contribution in [0.25, 0.3) is 11.0 Å². The number of aromatic nitrogens is 3. The van der Waals surface area contributed by atoms with Crippen LogP contribution in [0, 0.1) is 19.8 Å². The topological polar surface area (TPSA) is 80.1 Å². The molecule has 1 aromatic heterocycles. The summed E-state index contributed by atoms with van der Waals surface area (Å²) >= 11 is 0. The molecule has 7 nitrogen and oxygen atoms in total. The number of anilines is 1. The molecule has 1 aliphatic heterocycles. The Morgan fingerprint density at radius 3 is 2.33 bits per heavy atom. The molecule has 1 N–H and O–H groups in total. The number of carbonyl (C=O) groups is 2. The van der Waals surface area contributed by atoms with Crippen LogP contribution in [0.4, 0.5) is 5.69 Å². The number of benzene rings is 2. The molecule has 0 spiro atoms. The highest BCUT2D eigenvalue weighted by Crippen LogP contribution is 2.31. The molecule has 2 fully saturated rings. The summed E-state index contributed by atoms with van der Waals surface area (Å²) in [7, 11) is 0. The highest BCUT2D eigenvalue weighted by Gasteiger charge is 2.28. The Kier molecular flexibility index (Phi) is 5.87. The average molecular weight is 446 g/mol. The first kappa shape index (κ1) is 21.6. The Labute approximate surface area is 194 Å². The fraction of sp³-hybridized carbons (Fsp3) is 0.462. The Balaban J connectivity index is 1.21. The third-order valence-corrected chi connectivity index (χ3v) is 7.03. The Morgan fingerprint density at radius 1 is 0.939 bits per heavy atom. The van der Waals surface area contributed by atoms with E-state index in [-0.39, 0.29) is 17.7 Å². The number of amides is 2. The van der Waals surface area contributed by atoms with Crippen LogP contribution in [0.1, 0.15) is 66.1 Å². The van der Waals surface area contributed by atoms with E-state index in [0.717, 1.165) is 40.7 Å². The van der Waals surface area contributed by atoms with Gasteiger partial charge in [0.05, 0.1) is 11.6 Å². The predicted molar refractivity (Wildman–Crippen MR) is 128 cm³/mol. The van der Waals surface area contributed by atoms with E-state index in [0.29, 0.717) is 37.5 Å². The number of hydrogen-bond acceptors (Lipinski definition) is 4. The first-order chi connectivity index (χ1) is 16.0. The minimum Gasteiger partial charge on any atom is -0.339 e. The summed E-state index contributed by atoms with van der Waals surface area (Å²) in [5.74, 6) is -0.0406. The molecular formula is C26H31N5O2. The maximum absolute atomic E-state index is 13.1. The smallest absolute Gasteiger partial charge is 0.253 e. The molecule has 0 bridgehead atoms. The van der Waals surface area contributed by atoms with Crippen LogP contribution >= 0.6 is 0 Å². The monoisotopic (exact) mass is 445 g/mol. The second kappa shape index (κ2) is 8.96. The van der Waals surface area contributed by atoms with Crippen molar-refractivity contribution in [2.24, 2.45) is 5.92 Å². The van der Waals surface area contributed by atoms with Gasteiger partial charge in [-0.25, -0.2) is 4.68 Å². The third kappa shape index (κ3) is 4.49. The number of aryl methyl sites for hydroxylation is 2. The third-order valence-electron chi connectivity index (χ3n) is 7.03. The number of likely N-dealkylation sites (tertiary alicyclic amines) is 1. The van der Waals surface area contributed by atoms with Gasteiger partial charge in [0.1, 0.15) is 5.52 Å². The van der Waals surface area contributed by atoms with Crippen LogP contribution in [0.3, 0.4) is 0 Å². The van der Waals surface area contributed by atoms with Gasteiger partial charge in [0.2, 0.25) is 5.91 Å². The quantitative estimate of drug-likeness (QED) is 0.634. The first-order valence-corrected chi connectivity index (χ1v) is 12.0. The zero-order valence-corrected chi connectivity index (χ0v) is 19.4. The zero-order chi connectivity index (χ0) is 22.9. The van der Waals surface area contributed by atoms with Crippen molar-refractivity contribution in [1.82, 2.24) is 19.9 Å². The minimum atomic E-state index is -0.0799. The van der Waals surface area contributed by atoms with Crippen LogP contribution in [0.5, 0.6) is 0 Å². The van der Waals surface area contributed by atoms with E-state index < -0.39 is 0 Å². The molecule has 1 aliphatic carbocycles. The summed E-state index contributed by atoms with van der Waals surface area (Å²) in [6, 6.07) is 12.2. The average Bonchev–Trinajstić information content (AvgIpc) is 3.47. The lowest BCUT2D eigenvalue weighted by Crippen LogP contribution is -2.41. The molecule has 5 rings (SSSR count). The highest BCUT2D eigenvalue weighted by molar-refractivity contribution is 5.98. The lowest BCUT2D eigenvalue weighted by atomic mass is 9.95. The van der Waals surface area contributed by atoms with Gasteiger partial charge < -0.3 is 10.2 Å². The van der Waals surface area contributed by atoms with Crippen molar-refractivity contribution in [3.63, 3.8) is 0 Å². The molecule has 7 heteroatoms. The van der Waals surface area contributed by atoms with Crippen LogP contribution in [0.15, 0.2) is 36.4 Å². The molecule has 2 aliphatic rings. The van der Waals surface area contributed by atoms with E-state index in [1.165, 1.54) is 12.8 Å². The summed E-state index contributed by atoms with van der Waals surface area (Å²) in [5, 5.41) is 11.7. The van der Waals surface area contributed by atoms with Gasteiger partial charge in [-0.3, -0.25) is 9.59 Å². The van der Waals surface area contributed by atoms with Crippen molar-refractivity contribution in [2.75, 3.05) is 18.4 Å². The number of hydrogen-bond donors (Lipinski definition) is 1. The van der Waals surface area contributed by atoms with Gasteiger partial charge in [0, 0.05) is 30.3 Å². The second-order valence-corrected chi connectivity index (χ2v) is 9.61. The standard InChI is InChI=1S/C26H31N5O2/c1-17-13-18(2)15-21(14-17)27-25(32)19-9-11-30(12-10-19)26(33)20-7-8-24-23(16-20)28-29-31(24)22-5-3-4-6-22/h7-8,13-16,19,22H,3-6,9-12H2,1-2H3,(H,27,32). The van der Waals surface area contributed by atoms with Crippen molar-refractivity contribution in [3.8, 4) is 0 Å². The normalized spacial score (nSPS) is 17.6. The van der Waals surface area contributed by atoms with E-state index >= 15 is 0 Å². The Morgan fingerprint density at radius 2 is 1.64 bits per heavy atom. The summed E-state index contributed by atoms with van der Waals surface area (Å²) in [6.45, 7) is 5.21. The largest absolute Gasteiger partial charge is 0.339 e. The molecule has 0 unspecified atom stereocenters. The van der Waals surface area contributed by atoms with E-state index in [1.807, 2.05) is 53.8 Å². The summed E-state index contributed by atoms with van der Waals surface area (Å²) < 4.78 is 2.02. The molecule has 2 amide bonds. The number of rotatable bonds is 4. The van der Waals surface area contributed by atoms with E-state index in [9.17, 15) is 9.59 Å². The van der Waals surface area contributed by atoms with Gasteiger partial charge in [0.25, 0.3) is 5.91 Å². The van der Waals surface area contributed by atoms with Crippen LogP contribution in [-0.4, -0.2) is 44.8 Å². The van der Waals surface area contributed by atoms with Gasteiger partial charge in [-0.2, -0.15) is 0 Å². The molecule has 2 heterocycles. The van der Waals surface area contributed by atoms with E-state index in [1.54, 1.807) is 0 Å². The van der Waals surface area contributed by atoms with Gasteiger partial charge in [-0.15, -0.1) is 5.10 Å². The van der Waals surface area contributed by atoms with Gasteiger partial charge in [0.15, 0.2) is 0 Å². The zero-order valence-electron chi connectivity index (χ0n) is 19.4. The SMILES string of the molecule is Cc1cc(C)cc(NC(=O)C2CCN(C(=O)c3ccc4c(c3)nnn4C3CCCC3)CC2)c1. The fourth-order valence-electron chi connectivity index (χ4n) is 5.31. The number of carbonyl (C=O) groups excluding carboxylic acids is 2. The van der Waals surface area contributed by atoms with Crippen molar-refractivity contribution in [3.05, 3.63) is 53.1 Å². The predicted octanol–water partition coefficient (Wildman–Crippen LogP) is 4.65. The van der Waals surface area contributed by atoms with Gasteiger partial charge in [-0.1, -0.05) is 24.1 Å². The Hall–Kier alpha value is -3.22. The second-order valence-electron chi connectivity index (χ2n) is 9.61. The highest BCUT2D eigenvalue weighted by atomic mass is 16.2. The molecular weight excluding hydrogens is 414 g/mol. The number of piperidine rings is 1. The molecule has 2 aromatic carbocycles. The van der Waals surface area contributed by atoms with Crippen molar-refractivity contribution in [1.29, 1.82) is 0 Å². The molecule has 1 saturated carbocycles. The number of nitrogens with zero attached hydrogens (tertiary/aromatic N) is 4. The minimum absolute atomic E-state index is 0.000448. The first-order valence-electron chi connectivity index (χ1n) is 12.0. The van der Waals surface area contributed by atoms with E-state index in [4.69, 9.17) is 0 Å². The van der Waals surface area contributed by atoms with Crippen molar-refractivity contribution in [2.45, 2.75) is 58.4 Å². The maximum atomic E-state index is 13.1. The summed E-state index contributed by atoms with van der Waals surface area (Å²) in [6.07, 6.45) is 6.10. The van der Waals surface area contributed by atoms with E-state index in [2.05, 4.69) is 21.7 Å². The molecule has 0 radical (unpaired) electrons. The van der Waals surface area contributed by atoms with Crippen molar-refractivity contribution < 1.29 is 9.59 Å². The molecule has 1 saturated heterocycles. The summed E-state index contributed by atoms with van der Waals surface area (Å²) in [4.78, 5) is 27.7. The number of fused-ring (bicyclic) bond motifs is 1. The molecule has 3 aromatic rings. The molecule has 0 atom stereocenters. The number of nitrogens with one attached hydrogen (secondary N) is 1. The van der Waals surface area contributed by atoms with Crippen molar-refractivity contribution >= 4 is 28.5 Å². The molecule has 33 heavy (non-hydrogen) atoms. The Bertz CT molecular complexity index is 1170. The fourth-order valence-corrected chi connectivity index (χ4v) is 5.31. The van der Waals surface area contributed by atoms with Crippen LogP contribution in [0.2, 0.25) is 0 Å². The van der Waals surface area contributed by atoms with Gasteiger partial charge in [-0.05, 0) is 81.0 Å². The lowest BCUT2D eigenvalue weighted by molar-refractivity contribution is -0.121. The van der Waals surface area contributed by atoms with Crippen LogP contribution < -0.4 is 5.32 Å².